The van der Waals surface area contributed by atoms with Gasteiger partial charge in [0.1, 0.15) is 12.3 Å². The summed E-state index contributed by atoms with van der Waals surface area (Å²) in [5, 5.41) is 3.17. The Morgan fingerprint density at radius 2 is 2.00 bits per heavy atom. The number of hydrogen-bond acceptors (Lipinski definition) is 3. The molecule has 0 unspecified atom stereocenters. The molecule has 1 saturated carbocycles. The van der Waals surface area contributed by atoms with Gasteiger partial charge in [0.05, 0.1) is 5.69 Å². The van der Waals surface area contributed by atoms with E-state index in [0.717, 1.165) is 18.4 Å². The van der Waals surface area contributed by atoms with E-state index >= 15 is 0 Å². The van der Waals surface area contributed by atoms with Crippen LogP contribution >= 0.6 is 0 Å². The highest BCUT2D eigenvalue weighted by Crippen LogP contribution is 2.36. The molecule has 0 saturated heterocycles. The standard InChI is InChI=1S/C22H32N2O3/c1-14-7-6-8-17(15(14)2)23-20(25)12-24-18-11-16(22(3,4)5)9-10-19(18)27-13-21(24)26/h9-11,14-15,17H,6-8,12-13H2,1-5H3,(H,23,25)/t14-,15-,17+/m1/s1. The van der Waals surface area contributed by atoms with Crippen molar-refractivity contribution in [1.82, 2.24) is 5.32 Å². The highest BCUT2D eigenvalue weighted by molar-refractivity contribution is 6.02. The lowest BCUT2D eigenvalue weighted by Crippen LogP contribution is -2.50. The molecule has 1 aliphatic carbocycles. The molecule has 1 fully saturated rings. The van der Waals surface area contributed by atoms with Crippen molar-refractivity contribution in [2.45, 2.75) is 65.3 Å². The van der Waals surface area contributed by atoms with Crippen LogP contribution in [0.4, 0.5) is 5.69 Å². The minimum atomic E-state index is -0.172. The van der Waals surface area contributed by atoms with Crippen LogP contribution in [-0.4, -0.2) is 31.0 Å². The van der Waals surface area contributed by atoms with E-state index in [9.17, 15) is 9.59 Å². The van der Waals surface area contributed by atoms with E-state index in [1.807, 2.05) is 18.2 Å². The Kier molecular flexibility index (Phi) is 5.50. The van der Waals surface area contributed by atoms with Crippen LogP contribution in [-0.2, 0) is 15.0 Å². The van der Waals surface area contributed by atoms with Crippen LogP contribution in [0.3, 0.4) is 0 Å². The molecule has 1 aromatic carbocycles. The molecule has 27 heavy (non-hydrogen) atoms. The fraction of sp³-hybridized carbons (Fsp3) is 0.636. The second kappa shape index (κ2) is 7.53. The molecule has 5 nitrogen and oxygen atoms in total. The van der Waals surface area contributed by atoms with Crippen LogP contribution < -0.4 is 15.0 Å². The monoisotopic (exact) mass is 372 g/mol. The second-order valence-corrected chi connectivity index (χ2v) is 9.14. The predicted molar refractivity (Wildman–Crippen MR) is 107 cm³/mol. The van der Waals surface area contributed by atoms with Crippen molar-refractivity contribution in [1.29, 1.82) is 0 Å². The topological polar surface area (TPSA) is 58.6 Å². The molecule has 5 heteroatoms. The summed E-state index contributed by atoms with van der Waals surface area (Å²) in [7, 11) is 0. The number of nitrogens with one attached hydrogen (secondary N) is 1. The Hall–Kier alpha value is -2.04. The van der Waals surface area contributed by atoms with Gasteiger partial charge in [-0.1, -0.05) is 53.5 Å². The smallest absolute Gasteiger partial charge is 0.265 e. The molecule has 1 aliphatic heterocycles. The summed E-state index contributed by atoms with van der Waals surface area (Å²) >= 11 is 0. The fourth-order valence-corrected chi connectivity index (χ4v) is 4.02. The average molecular weight is 373 g/mol. The second-order valence-electron chi connectivity index (χ2n) is 9.14. The third-order valence-electron chi connectivity index (χ3n) is 6.12. The van der Waals surface area contributed by atoms with Crippen LogP contribution in [0.2, 0.25) is 0 Å². The van der Waals surface area contributed by atoms with E-state index in [1.54, 1.807) is 4.90 Å². The summed E-state index contributed by atoms with van der Waals surface area (Å²) in [4.78, 5) is 26.8. The molecule has 1 N–H and O–H groups in total. The third kappa shape index (κ3) is 4.28. The molecule has 2 aliphatic rings. The number of carbonyl (C=O) groups excluding carboxylic acids is 2. The Morgan fingerprint density at radius 3 is 2.70 bits per heavy atom. The zero-order valence-corrected chi connectivity index (χ0v) is 17.2. The minimum absolute atomic E-state index is 0.0218. The van der Waals surface area contributed by atoms with Crippen LogP contribution in [0.25, 0.3) is 0 Å². The summed E-state index contributed by atoms with van der Waals surface area (Å²) < 4.78 is 5.57. The number of hydrogen-bond donors (Lipinski definition) is 1. The van der Waals surface area contributed by atoms with Crippen LogP contribution in [0, 0.1) is 11.8 Å². The highest BCUT2D eigenvalue weighted by atomic mass is 16.5. The molecular weight excluding hydrogens is 340 g/mol. The minimum Gasteiger partial charge on any atom is -0.482 e. The maximum atomic E-state index is 12.7. The third-order valence-corrected chi connectivity index (χ3v) is 6.12. The molecule has 3 atom stereocenters. The van der Waals surface area contributed by atoms with E-state index in [-0.39, 0.29) is 36.4 Å². The fourth-order valence-electron chi connectivity index (χ4n) is 4.02. The highest BCUT2D eigenvalue weighted by Gasteiger charge is 2.32. The maximum absolute atomic E-state index is 12.7. The van der Waals surface area contributed by atoms with Crippen LogP contribution in [0.5, 0.6) is 5.75 Å². The molecule has 2 amide bonds. The van der Waals surface area contributed by atoms with E-state index in [4.69, 9.17) is 4.74 Å². The molecule has 0 spiro atoms. The summed E-state index contributed by atoms with van der Waals surface area (Å²) in [5.41, 5.74) is 1.76. The van der Waals surface area contributed by atoms with Gasteiger partial charge in [-0.3, -0.25) is 14.5 Å². The summed E-state index contributed by atoms with van der Waals surface area (Å²) in [6.07, 6.45) is 3.38. The first kappa shape index (κ1) is 19.7. The van der Waals surface area contributed by atoms with Crippen molar-refractivity contribution >= 4 is 17.5 Å². The largest absolute Gasteiger partial charge is 0.482 e. The number of ether oxygens (including phenoxy) is 1. The van der Waals surface area contributed by atoms with E-state index in [0.29, 0.717) is 23.3 Å². The first-order valence-corrected chi connectivity index (χ1v) is 10.0. The number of nitrogens with zero attached hydrogens (tertiary/aromatic N) is 1. The van der Waals surface area contributed by atoms with Crippen LogP contribution in [0.15, 0.2) is 18.2 Å². The van der Waals surface area contributed by atoms with Gasteiger partial charge in [-0.05, 0) is 41.4 Å². The van der Waals surface area contributed by atoms with Gasteiger partial charge in [0.2, 0.25) is 5.91 Å². The molecular formula is C22H32N2O3. The predicted octanol–water partition coefficient (Wildman–Crippen LogP) is 3.65. The number of rotatable bonds is 3. The lowest BCUT2D eigenvalue weighted by atomic mass is 9.78. The maximum Gasteiger partial charge on any atom is 0.265 e. The summed E-state index contributed by atoms with van der Waals surface area (Å²) in [6, 6.07) is 6.10. The number of carbonyl (C=O) groups is 2. The van der Waals surface area contributed by atoms with Gasteiger partial charge in [-0.2, -0.15) is 0 Å². The Balaban J connectivity index is 1.76. The zero-order chi connectivity index (χ0) is 19.8. The van der Waals surface area contributed by atoms with Crippen molar-refractivity contribution in [2.24, 2.45) is 11.8 Å². The molecule has 1 heterocycles. The average Bonchev–Trinajstić information content (AvgIpc) is 2.60. The first-order chi connectivity index (χ1) is 12.7. The Labute approximate surface area is 162 Å². The zero-order valence-electron chi connectivity index (χ0n) is 17.2. The number of anilines is 1. The summed E-state index contributed by atoms with van der Waals surface area (Å²) in [6.45, 7) is 10.9. The molecule has 0 aromatic heterocycles. The molecule has 0 radical (unpaired) electrons. The van der Waals surface area contributed by atoms with Crippen molar-refractivity contribution in [3.05, 3.63) is 23.8 Å². The molecule has 3 rings (SSSR count). The molecule has 0 bridgehead atoms. The number of fused-ring (bicyclic) bond motifs is 1. The van der Waals surface area contributed by atoms with E-state index in [1.165, 1.54) is 6.42 Å². The van der Waals surface area contributed by atoms with Crippen molar-refractivity contribution in [3.8, 4) is 5.75 Å². The van der Waals surface area contributed by atoms with Gasteiger partial charge in [-0.15, -0.1) is 0 Å². The Bertz CT molecular complexity index is 723. The SMILES string of the molecule is C[C@@H]1[C@H](C)CCC[C@@H]1NC(=O)CN1C(=O)COc2ccc(C(C)(C)C)cc21. The van der Waals surface area contributed by atoms with Gasteiger partial charge in [-0.25, -0.2) is 0 Å². The van der Waals surface area contributed by atoms with Gasteiger partial charge in [0.25, 0.3) is 5.91 Å². The summed E-state index contributed by atoms with van der Waals surface area (Å²) in [5.74, 6) is 1.47. The van der Waals surface area contributed by atoms with E-state index < -0.39 is 0 Å². The lowest BCUT2D eigenvalue weighted by Gasteiger charge is -2.35. The normalized spacial score (nSPS) is 25.6. The number of benzene rings is 1. The quantitative estimate of drug-likeness (QED) is 0.881. The lowest BCUT2D eigenvalue weighted by molar-refractivity contribution is -0.126. The number of amides is 2. The van der Waals surface area contributed by atoms with Crippen molar-refractivity contribution in [3.63, 3.8) is 0 Å². The van der Waals surface area contributed by atoms with Gasteiger partial charge in [0, 0.05) is 6.04 Å². The van der Waals surface area contributed by atoms with Crippen LogP contribution in [0.1, 0.15) is 59.4 Å². The van der Waals surface area contributed by atoms with E-state index in [2.05, 4.69) is 39.9 Å². The molecule has 148 valence electrons. The van der Waals surface area contributed by atoms with Gasteiger partial charge in [0.15, 0.2) is 6.61 Å². The van der Waals surface area contributed by atoms with Crippen molar-refractivity contribution < 1.29 is 14.3 Å². The van der Waals surface area contributed by atoms with Gasteiger partial charge >= 0.3 is 0 Å². The van der Waals surface area contributed by atoms with Gasteiger partial charge < -0.3 is 10.1 Å². The Morgan fingerprint density at radius 1 is 1.26 bits per heavy atom. The van der Waals surface area contributed by atoms with Crippen molar-refractivity contribution in [2.75, 3.05) is 18.1 Å². The molecule has 1 aromatic rings. The first-order valence-electron chi connectivity index (χ1n) is 10.0.